The van der Waals surface area contributed by atoms with E-state index in [1.54, 1.807) is 46.6 Å². The van der Waals surface area contributed by atoms with Crippen molar-refractivity contribution >= 4 is 17.9 Å². The van der Waals surface area contributed by atoms with E-state index in [1.165, 1.54) is 5.01 Å². The molecule has 2 amide bonds. The van der Waals surface area contributed by atoms with Gasteiger partial charge >= 0.3 is 12.2 Å². The van der Waals surface area contributed by atoms with Crippen molar-refractivity contribution in [3.05, 3.63) is 0 Å². The first-order valence-electron chi connectivity index (χ1n) is 9.05. The smallest absolute Gasteiger partial charge is 0.429 e. The molecule has 0 aliphatic heterocycles. The summed E-state index contributed by atoms with van der Waals surface area (Å²) in [5.41, 5.74) is 2.05. The summed E-state index contributed by atoms with van der Waals surface area (Å²) in [5.74, 6) is 0. The lowest BCUT2D eigenvalue weighted by atomic mass is 9.93. The Hall–Kier alpha value is -1.99. The molecule has 8 heteroatoms. The van der Waals surface area contributed by atoms with Crippen LogP contribution in [0.25, 0.3) is 0 Å². The normalized spacial score (nSPS) is 19.7. The predicted octanol–water partition coefficient (Wildman–Crippen LogP) is 3.52. The second-order valence-corrected chi connectivity index (χ2v) is 8.66. The highest BCUT2D eigenvalue weighted by molar-refractivity contribution is 5.93. The molecular weight excluding hydrogens is 336 g/mol. The van der Waals surface area contributed by atoms with Crippen molar-refractivity contribution in [3.63, 3.8) is 0 Å². The van der Waals surface area contributed by atoms with Gasteiger partial charge in [0.15, 0.2) is 0 Å². The monoisotopic (exact) mass is 370 g/mol. The Morgan fingerprint density at radius 3 is 2.12 bits per heavy atom. The summed E-state index contributed by atoms with van der Waals surface area (Å²) in [4.78, 5) is 25.0. The molecule has 150 valence electrons. The summed E-state index contributed by atoms with van der Waals surface area (Å²) in [7, 11) is 3.66. The largest absolute Gasteiger partial charge is 0.443 e. The Bertz CT molecular complexity index is 532. The highest BCUT2D eigenvalue weighted by Gasteiger charge is 2.35. The number of carbonyl (C=O) groups is 2. The van der Waals surface area contributed by atoms with E-state index in [2.05, 4.69) is 10.5 Å². The van der Waals surface area contributed by atoms with Gasteiger partial charge in [0.05, 0.1) is 11.8 Å². The fourth-order valence-corrected chi connectivity index (χ4v) is 2.59. The number of nitrogens with one attached hydrogen (secondary N) is 1. The molecule has 26 heavy (non-hydrogen) atoms. The van der Waals surface area contributed by atoms with Crippen molar-refractivity contribution in [2.45, 2.75) is 84.5 Å². The Balaban J connectivity index is 3.08. The van der Waals surface area contributed by atoms with Crippen LogP contribution in [0.5, 0.6) is 0 Å². The molecule has 0 aromatic heterocycles. The predicted molar refractivity (Wildman–Crippen MR) is 101 cm³/mol. The first kappa shape index (κ1) is 22.1. The average Bonchev–Trinajstić information content (AvgIpc) is 2.41. The molecule has 1 aliphatic rings. The van der Waals surface area contributed by atoms with Crippen LogP contribution in [-0.2, 0) is 9.47 Å². The number of hydrogen-bond acceptors (Lipinski definition) is 6. The minimum absolute atomic E-state index is 0.367. The minimum Gasteiger partial charge on any atom is -0.443 e. The molecule has 0 saturated heterocycles. The molecule has 1 atom stereocenters. The lowest BCUT2D eigenvalue weighted by Crippen LogP contribution is -2.57. The van der Waals surface area contributed by atoms with Crippen molar-refractivity contribution in [1.82, 2.24) is 15.4 Å². The Morgan fingerprint density at radius 1 is 1.04 bits per heavy atom. The van der Waals surface area contributed by atoms with Crippen molar-refractivity contribution in [3.8, 4) is 0 Å². The van der Waals surface area contributed by atoms with Crippen molar-refractivity contribution < 1.29 is 19.1 Å². The molecule has 0 spiro atoms. The number of hydrazone groups is 1. The maximum absolute atomic E-state index is 12.8. The van der Waals surface area contributed by atoms with Crippen LogP contribution in [0.15, 0.2) is 5.10 Å². The van der Waals surface area contributed by atoms with Crippen LogP contribution in [0.3, 0.4) is 0 Å². The van der Waals surface area contributed by atoms with E-state index in [0.717, 1.165) is 25.0 Å². The zero-order valence-electron chi connectivity index (χ0n) is 17.4. The van der Waals surface area contributed by atoms with E-state index in [9.17, 15) is 9.59 Å². The highest BCUT2D eigenvalue weighted by atomic mass is 16.6. The van der Waals surface area contributed by atoms with Gasteiger partial charge in [0.25, 0.3) is 0 Å². The second kappa shape index (κ2) is 8.60. The Labute approximate surface area is 156 Å². The summed E-state index contributed by atoms with van der Waals surface area (Å²) >= 11 is 0. The Kier molecular flexibility index (Phi) is 7.29. The lowest BCUT2D eigenvalue weighted by Gasteiger charge is -2.36. The van der Waals surface area contributed by atoms with Gasteiger partial charge in [0.2, 0.25) is 0 Å². The van der Waals surface area contributed by atoms with Gasteiger partial charge in [-0.2, -0.15) is 5.10 Å². The highest BCUT2D eigenvalue weighted by Crippen LogP contribution is 2.22. The molecule has 1 N–H and O–H groups in total. The number of rotatable bonds is 2. The van der Waals surface area contributed by atoms with Crippen LogP contribution >= 0.6 is 0 Å². The van der Waals surface area contributed by atoms with Gasteiger partial charge in [0, 0.05) is 14.1 Å². The summed E-state index contributed by atoms with van der Waals surface area (Å²) < 4.78 is 10.8. The van der Waals surface area contributed by atoms with Crippen molar-refractivity contribution in [1.29, 1.82) is 0 Å². The van der Waals surface area contributed by atoms with E-state index in [0.29, 0.717) is 6.42 Å². The maximum Gasteiger partial charge on any atom is 0.429 e. The number of ether oxygens (including phenoxy) is 2. The first-order chi connectivity index (χ1) is 11.8. The van der Waals surface area contributed by atoms with Gasteiger partial charge in [0.1, 0.15) is 11.2 Å². The topological polar surface area (TPSA) is 83.5 Å². The van der Waals surface area contributed by atoms with Crippen LogP contribution < -0.4 is 5.43 Å². The molecule has 1 rings (SSSR count). The van der Waals surface area contributed by atoms with E-state index in [1.807, 2.05) is 14.1 Å². The number of carbonyl (C=O) groups excluding carboxylic acids is 2. The van der Waals surface area contributed by atoms with Gasteiger partial charge < -0.3 is 14.5 Å². The summed E-state index contributed by atoms with van der Waals surface area (Å²) in [6.45, 7) is 10.7. The van der Waals surface area contributed by atoms with Crippen LogP contribution in [0.1, 0.15) is 67.2 Å². The quantitative estimate of drug-likeness (QED) is 0.752. The minimum atomic E-state index is -0.696. The summed E-state index contributed by atoms with van der Waals surface area (Å²) in [5, 5.41) is 7.43. The molecular formula is C18H34N4O4. The van der Waals surface area contributed by atoms with Gasteiger partial charge in [-0.05, 0) is 60.8 Å². The molecule has 0 aromatic rings. The lowest BCUT2D eigenvalue weighted by molar-refractivity contribution is -0.00486. The molecule has 0 heterocycles. The Morgan fingerprint density at radius 2 is 1.62 bits per heavy atom. The van der Waals surface area contributed by atoms with Crippen molar-refractivity contribution in [2.24, 2.45) is 5.10 Å². The van der Waals surface area contributed by atoms with Gasteiger partial charge in [-0.25, -0.2) is 20.0 Å². The van der Waals surface area contributed by atoms with Crippen molar-refractivity contribution in [2.75, 3.05) is 14.1 Å². The molecule has 1 fully saturated rings. The standard InChI is InChI=1S/C18H34N4O4/c1-17(2,3)25-15(23)20-22(16(24)26-18(4,5)6)14-12-10-9-11-13(14)19-21(7)8/h14H,9-12H2,1-8H3,(H,20,23)/b19-13+. The zero-order valence-corrected chi connectivity index (χ0v) is 17.4. The third-order valence-corrected chi connectivity index (χ3v) is 3.39. The van der Waals surface area contributed by atoms with Gasteiger partial charge in [-0.3, -0.25) is 0 Å². The number of amides is 2. The maximum atomic E-state index is 12.8. The number of hydrazine groups is 1. The van der Waals surface area contributed by atoms with Crippen LogP contribution in [0, 0.1) is 0 Å². The van der Waals surface area contributed by atoms with E-state index < -0.39 is 23.4 Å². The molecule has 1 unspecified atom stereocenters. The third kappa shape index (κ3) is 7.93. The fourth-order valence-electron chi connectivity index (χ4n) is 2.59. The molecule has 0 aromatic carbocycles. The summed E-state index contributed by atoms with van der Waals surface area (Å²) in [6.07, 6.45) is 2.07. The van der Waals surface area contributed by atoms with Crippen LogP contribution in [-0.4, -0.2) is 59.3 Å². The number of nitrogens with zero attached hydrogens (tertiary/aromatic N) is 3. The second-order valence-electron chi connectivity index (χ2n) is 8.66. The summed E-state index contributed by atoms with van der Waals surface area (Å²) in [6, 6.07) is -0.367. The van der Waals surface area contributed by atoms with E-state index >= 15 is 0 Å². The fraction of sp³-hybridized carbons (Fsp3) is 0.833. The zero-order chi connectivity index (χ0) is 20.1. The van der Waals surface area contributed by atoms with Gasteiger partial charge in [-0.1, -0.05) is 6.42 Å². The van der Waals surface area contributed by atoms with Crippen LogP contribution in [0.2, 0.25) is 0 Å². The van der Waals surface area contributed by atoms with E-state index in [-0.39, 0.29) is 6.04 Å². The first-order valence-corrected chi connectivity index (χ1v) is 9.05. The average molecular weight is 370 g/mol. The molecule has 1 saturated carbocycles. The molecule has 8 nitrogen and oxygen atoms in total. The molecule has 0 radical (unpaired) electrons. The number of hydrogen-bond donors (Lipinski definition) is 1. The van der Waals surface area contributed by atoms with E-state index in [4.69, 9.17) is 9.47 Å². The molecule has 0 bridgehead atoms. The third-order valence-electron chi connectivity index (χ3n) is 3.39. The van der Waals surface area contributed by atoms with Crippen LogP contribution in [0.4, 0.5) is 9.59 Å². The molecule has 1 aliphatic carbocycles. The SMILES string of the molecule is CN(C)/N=C1\CCCCC1N(NC(=O)OC(C)(C)C)C(=O)OC(C)(C)C. The van der Waals surface area contributed by atoms with Gasteiger partial charge in [-0.15, -0.1) is 0 Å².